The highest BCUT2D eigenvalue weighted by Gasteiger charge is 2.19. The van der Waals surface area contributed by atoms with Crippen LogP contribution >= 0.6 is 11.6 Å². The molecule has 0 saturated carbocycles. The van der Waals surface area contributed by atoms with Gasteiger partial charge < -0.3 is 15.0 Å². The number of para-hydroxylation sites is 1. The lowest BCUT2D eigenvalue weighted by Gasteiger charge is -2.21. The van der Waals surface area contributed by atoms with Crippen molar-refractivity contribution in [1.82, 2.24) is 20.0 Å². The molecule has 0 aliphatic heterocycles. The van der Waals surface area contributed by atoms with Crippen LogP contribution in [0.5, 0.6) is 5.75 Å². The summed E-state index contributed by atoms with van der Waals surface area (Å²) in [6.45, 7) is 1.91. The van der Waals surface area contributed by atoms with E-state index in [9.17, 15) is 9.59 Å². The molecule has 3 aromatic rings. The Morgan fingerprint density at radius 2 is 1.97 bits per heavy atom. The first-order valence-corrected chi connectivity index (χ1v) is 10.3. The van der Waals surface area contributed by atoms with Crippen LogP contribution in [0.25, 0.3) is 5.69 Å². The first-order chi connectivity index (χ1) is 14.9. The third kappa shape index (κ3) is 5.64. The van der Waals surface area contributed by atoms with Crippen molar-refractivity contribution < 1.29 is 14.3 Å². The molecule has 8 heteroatoms. The van der Waals surface area contributed by atoms with Crippen molar-refractivity contribution in [3.05, 3.63) is 77.1 Å². The van der Waals surface area contributed by atoms with Crippen LogP contribution in [0.4, 0.5) is 0 Å². The smallest absolute Gasteiger partial charge is 0.259 e. The van der Waals surface area contributed by atoms with Gasteiger partial charge in [-0.05, 0) is 30.7 Å². The Bertz CT molecular complexity index is 1060. The number of nitrogens with one attached hydrogen (secondary N) is 1. The van der Waals surface area contributed by atoms with Gasteiger partial charge in [-0.25, -0.2) is 4.68 Å². The predicted molar refractivity (Wildman–Crippen MR) is 120 cm³/mol. The maximum atomic E-state index is 12.9. The minimum Gasteiger partial charge on any atom is -0.483 e. The van der Waals surface area contributed by atoms with E-state index >= 15 is 0 Å². The fourth-order valence-corrected chi connectivity index (χ4v) is 3.19. The van der Waals surface area contributed by atoms with Crippen molar-refractivity contribution in [3.63, 3.8) is 0 Å². The highest BCUT2D eigenvalue weighted by molar-refractivity contribution is 6.30. The van der Waals surface area contributed by atoms with Gasteiger partial charge in [0.2, 0.25) is 0 Å². The number of benzene rings is 2. The van der Waals surface area contributed by atoms with E-state index in [4.69, 9.17) is 16.3 Å². The number of halogens is 1. The van der Waals surface area contributed by atoms with E-state index in [0.29, 0.717) is 22.8 Å². The number of carbonyl (C=O) groups is 2. The number of nitrogens with zero attached hydrogens (tertiary/aromatic N) is 3. The molecule has 2 amide bonds. The van der Waals surface area contributed by atoms with Gasteiger partial charge in [0.1, 0.15) is 5.75 Å². The van der Waals surface area contributed by atoms with E-state index in [1.54, 1.807) is 43.2 Å². The highest BCUT2D eigenvalue weighted by atomic mass is 35.5. The Labute approximate surface area is 186 Å². The molecule has 162 valence electrons. The van der Waals surface area contributed by atoms with Crippen LogP contribution in [0.3, 0.4) is 0 Å². The summed E-state index contributed by atoms with van der Waals surface area (Å²) in [7, 11) is 3.35. The second-order valence-electron chi connectivity index (χ2n) is 7.20. The Balaban J connectivity index is 1.74. The molecular weight excluding hydrogens is 416 g/mol. The number of amides is 2. The second-order valence-corrected chi connectivity index (χ2v) is 7.64. The first-order valence-electron chi connectivity index (χ1n) is 9.92. The molecule has 0 spiro atoms. The number of rotatable bonds is 8. The minimum absolute atomic E-state index is 0.0687. The topological polar surface area (TPSA) is 76.5 Å². The SMILES string of the molecule is CCC(NC(=O)c1cnn(-c2cccc(Cl)c2)c1)c1ccccc1OCC(=O)N(C)C. The van der Waals surface area contributed by atoms with Crippen molar-refractivity contribution in [1.29, 1.82) is 0 Å². The van der Waals surface area contributed by atoms with Crippen molar-refractivity contribution in [2.45, 2.75) is 19.4 Å². The van der Waals surface area contributed by atoms with Crippen LogP contribution in [0, 0.1) is 0 Å². The van der Waals surface area contributed by atoms with Gasteiger partial charge in [0.15, 0.2) is 6.61 Å². The monoisotopic (exact) mass is 440 g/mol. The molecule has 0 aliphatic carbocycles. The summed E-state index contributed by atoms with van der Waals surface area (Å²) in [5, 5.41) is 7.89. The van der Waals surface area contributed by atoms with E-state index < -0.39 is 0 Å². The maximum Gasteiger partial charge on any atom is 0.259 e. The van der Waals surface area contributed by atoms with Crippen molar-refractivity contribution >= 4 is 23.4 Å². The number of hydrogen-bond acceptors (Lipinski definition) is 4. The summed E-state index contributed by atoms with van der Waals surface area (Å²) >= 11 is 6.04. The lowest BCUT2D eigenvalue weighted by Crippen LogP contribution is -2.30. The molecule has 3 rings (SSSR count). The largest absolute Gasteiger partial charge is 0.483 e. The Morgan fingerprint density at radius 3 is 2.68 bits per heavy atom. The van der Waals surface area contributed by atoms with Crippen LogP contribution in [0.2, 0.25) is 5.02 Å². The van der Waals surface area contributed by atoms with Crippen LogP contribution < -0.4 is 10.1 Å². The van der Waals surface area contributed by atoms with Gasteiger partial charge in [-0.2, -0.15) is 5.10 Å². The Kier molecular flexibility index (Phi) is 7.31. The standard InChI is InChI=1S/C23H25ClN4O3/c1-4-20(19-10-5-6-11-21(19)31-15-22(29)27(2)3)26-23(30)16-13-25-28(14-16)18-9-7-8-17(24)12-18/h5-14,20H,4,15H2,1-3H3,(H,26,30). The lowest BCUT2D eigenvalue weighted by molar-refractivity contribution is -0.130. The molecule has 1 heterocycles. The van der Waals surface area contributed by atoms with E-state index in [2.05, 4.69) is 10.4 Å². The number of ether oxygens (including phenoxy) is 1. The molecular formula is C23H25ClN4O3. The third-order valence-electron chi connectivity index (χ3n) is 4.78. The molecule has 0 bridgehead atoms. The average Bonchev–Trinajstić information content (AvgIpc) is 3.26. The number of carbonyl (C=O) groups excluding carboxylic acids is 2. The number of likely N-dealkylation sites (N-methyl/N-ethyl adjacent to an activating group) is 1. The fourth-order valence-electron chi connectivity index (χ4n) is 3.01. The van der Waals surface area contributed by atoms with E-state index in [0.717, 1.165) is 11.3 Å². The highest BCUT2D eigenvalue weighted by Crippen LogP contribution is 2.27. The number of hydrogen-bond donors (Lipinski definition) is 1. The summed E-state index contributed by atoms with van der Waals surface area (Å²) in [4.78, 5) is 26.2. The van der Waals surface area contributed by atoms with Gasteiger partial charge in [0, 0.05) is 30.9 Å². The molecule has 31 heavy (non-hydrogen) atoms. The second kappa shape index (κ2) is 10.1. The van der Waals surface area contributed by atoms with Crippen molar-refractivity contribution in [3.8, 4) is 11.4 Å². The van der Waals surface area contributed by atoms with E-state index in [1.807, 2.05) is 37.3 Å². The zero-order chi connectivity index (χ0) is 22.4. The molecule has 7 nitrogen and oxygen atoms in total. The molecule has 2 aromatic carbocycles. The van der Waals surface area contributed by atoms with Gasteiger partial charge in [-0.3, -0.25) is 9.59 Å². The summed E-state index contributed by atoms with van der Waals surface area (Å²) in [5.41, 5.74) is 2.01. The maximum absolute atomic E-state index is 12.9. The third-order valence-corrected chi connectivity index (χ3v) is 5.01. The van der Waals surface area contributed by atoms with Gasteiger partial charge in [0.05, 0.1) is 23.5 Å². The molecule has 1 aromatic heterocycles. The summed E-state index contributed by atoms with van der Waals surface area (Å²) in [6, 6.07) is 14.3. The van der Waals surface area contributed by atoms with E-state index in [-0.39, 0.29) is 24.5 Å². The molecule has 0 radical (unpaired) electrons. The molecule has 0 fully saturated rings. The quantitative estimate of drug-likeness (QED) is 0.576. The van der Waals surface area contributed by atoms with Crippen LogP contribution in [0.15, 0.2) is 60.9 Å². The Hall–Kier alpha value is -3.32. The van der Waals surface area contributed by atoms with Crippen LogP contribution in [0.1, 0.15) is 35.3 Å². The fraction of sp³-hybridized carbons (Fsp3) is 0.261. The zero-order valence-electron chi connectivity index (χ0n) is 17.7. The molecule has 1 unspecified atom stereocenters. The summed E-state index contributed by atoms with van der Waals surface area (Å²) < 4.78 is 7.33. The van der Waals surface area contributed by atoms with E-state index in [1.165, 1.54) is 11.1 Å². The van der Waals surface area contributed by atoms with Crippen LogP contribution in [-0.4, -0.2) is 47.2 Å². The predicted octanol–water partition coefficient (Wildman–Crippen LogP) is 3.87. The zero-order valence-corrected chi connectivity index (χ0v) is 18.5. The molecule has 0 saturated heterocycles. The summed E-state index contributed by atoms with van der Waals surface area (Å²) in [5.74, 6) is 0.180. The van der Waals surface area contributed by atoms with Crippen molar-refractivity contribution in [2.75, 3.05) is 20.7 Å². The molecule has 1 atom stereocenters. The molecule has 0 aliphatic rings. The number of aromatic nitrogens is 2. The van der Waals surface area contributed by atoms with Gasteiger partial charge in [0.25, 0.3) is 11.8 Å². The first kappa shape index (κ1) is 22.4. The van der Waals surface area contributed by atoms with Gasteiger partial charge in [-0.1, -0.05) is 42.8 Å². The minimum atomic E-state index is -0.285. The van der Waals surface area contributed by atoms with Gasteiger partial charge >= 0.3 is 0 Å². The van der Waals surface area contributed by atoms with Crippen molar-refractivity contribution in [2.24, 2.45) is 0 Å². The average molecular weight is 441 g/mol. The molecule has 1 N–H and O–H groups in total. The normalized spacial score (nSPS) is 11.6. The summed E-state index contributed by atoms with van der Waals surface area (Å²) in [6.07, 6.45) is 3.82. The lowest BCUT2D eigenvalue weighted by atomic mass is 10.0. The van der Waals surface area contributed by atoms with Crippen LogP contribution in [-0.2, 0) is 4.79 Å². The van der Waals surface area contributed by atoms with Gasteiger partial charge in [-0.15, -0.1) is 0 Å². The Morgan fingerprint density at radius 1 is 1.19 bits per heavy atom.